The number of thiazole rings is 1. The molecule has 0 fully saturated rings. The van der Waals surface area contributed by atoms with Crippen molar-refractivity contribution in [1.29, 1.82) is 0 Å². The molecule has 26 heavy (non-hydrogen) atoms. The van der Waals surface area contributed by atoms with Crippen LogP contribution in [0.2, 0.25) is 0 Å². The zero-order valence-electron chi connectivity index (χ0n) is 14.9. The summed E-state index contributed by atoms with van der Waals surface area (Å²) >= 11 is 2.79. The second kappa shape index (κ2) is 8.01. The van der Waals surface area contributed by atoms with Gasteiger partial charge < -0.3 is 4.98 Å². The van der Waals surface area contributed by atoms with Gasteiger partial charge in [0.2, 0.25) is 0 Å². The summed E-state index contributed by atoms with van der Waals surface area (Å²) < 4.78 is 1.99. The third kappa shape index (κ3) is 3.96. The average molecular weight is 389 g/mol. The molecular formula is C18H20N4O2S2. The van der Waals surface area contributed by atoms with E-state index in [1.807, 2.05) is 36.8 Å². The summed E-state index contributed by atoms with van der Waals surface area (Å²) in [7, 11) is 0. The molecule has 3 heterocycles. The van der Waals surface area contributed by atoms with Crippen LogP contribution in [-0.2, 0) is 6.42 Å². The average Bonchev–Trinajstić information content (AvgIpc) is 3.20. The van der Waals surface area contributed by atoms with Crippen molar-refractivity contribution in [2.45, 2.75) is 38.8 Å². The molecule has 0 unspecified atom stereocenters. The molecule has 0 amide bonds. The Bertz CT molecular complexity index is 974. The van der Waals surface area contributed by atoms with Crippen LogP contribution in [0.15, 0.2) is 33.7 Å². The minimum atomic E-state index is -0.180. The molecule has 0 atom stereocenters. The van der Waals surface area contributed by atoms with Crippen LogP contribution in [0.5, 0.6) is 0 Å². The molecule has 8 heteroatoms. The Morgan fingerprint density at radius 1 is 1.35 bits per heavy atom. The van der Waals surface area contributed by atoms with Gasteiger partial charge in [-0.15, -0.1) is 11.3 Å². The number of carbonyl (C=O) groups excluding carboxylic acids is 1. The molecule has 0 saturated carbocycles. The van der Waals surface area contributed by atoms with Gasteiger partial charge in [-0.1, -0.05) is 25.1 Å². The van der Waals surface area contributed by atoms with Gasteiger partial charge in [0, 0.05) is 40.3 Å². The van der Waals surface area contributed by atoms with Crippen molar-refractivity contribution in [2.75, 3.05) is 5.75 Å². The summed E-state index contributed by atoms with van der Waals surface area (Å²) in [5.41, 5.74) is 3.11. The number of H-pyrrole nitrogens is 1. The van der Waals surface area contributed by atoms with Crippen molar-refractivity contribution >= 4 is 28.9 Å². The minimum absolute atomic E-state index is 0.00875. The minimum Gasteiger partial charge on any atom is -0.301 e. The maximum atomic E-state index is 12.7. The van der Waals surface area contributed by atoms with E-state index in [1.165, 1.54) is 29.2 Å². The molecule has 0 aliphatic rings. The van der Waals surface area contributed by atoms with E-state index in [4.69, 9.17) is 0 Å². The summed E-state index contributed by atoms with van der Waals surface area (Å²) in [6.07, 6.45) is 3.42. The first-order valence-electron chi connectivity index (χ1n) is 8.34. The molecule has 3 aromatic rings. The van der Waals surface area contributed by atoms with Crippen LogP contribution in [0.4, 0.5) is 0 Å². The third-order valence-corrected chi connectivity index (χ3v) is 5.59. The van der Waals surface area contributed by atoms with Gasteiger partial charge in [0.25, 0.3) is 5.56 Å². The fourth-order valence-electron chi connectivity index (χ4n) is 2.81. The lowest BCUT2D eigenvalue weighted by Gasteiger charge is -2.06. The van der Waals surface area contributed by atoms with Gasteiger partial charge in [-0.05, 0) is 26.3 Å². The highest BCUT2D eigenvalue weighted by atomic mass is 32.2. The number of hydrogen-bond donors (Lipinski definition) is 1. The number of nitrogens with zero attached hydrogens (tertiary/aromatic N) is 3. The number of ketones is 1. The normalized spacial score (nSPS) is 11.0. The molecule has 3 aromatic heterocycles. The van der Waals surface area contributed by atoms with Crippen molar-refractivity contribution in [3.8, 4) is 5.13 Å². The highest BCUT2D eigenvalue weighted by Crippen LogP contribution is 2.24. The molecule has 0 saturated heterocycles. The number of carbonyl (C=O) groups is 1. The van der Waals surface area contributed by atoms with Crippen LogP contribution in [0, 0.1) is 13.8 Å². The first-order valence-corrected chi connectivity index (χ1v) is 10.2. The molecule has 136 valence electrons. The second-order valence-corrected chi connectivity index (χ2v) is 7.78. The Balaban J connectivity index is 1.77. The largest absolute Gasteiger partial charge is 0.301 e. The van der Waals surface area contributed by atoms with Crippen molar-refractivity contribution in [3.05, 3.63) is 56.7 Å². The van der Waals surface area contributed by atoms with E-state index in [2.05, 4.69) is 15.0 Å². The first-order chi connectivity index (χ1) is 12.5. The lowest BCUT2D eigenvalue weighted by Crippen LogP contribution is -2.11. The van der Waals surface area contributed by atoms with Crippen LogP contribution in [-0.4, -0.2) is 31.1 Å². The topological polar surface area (TPSA) is 80.6 Å². The number of rotatable bonds is 7. The lowest BCUT2D eigenvalue weighted by atomic mass is 10.2. The Hall–Kier alpha value is -2.19. The molecule has 1 N–H and O–H groups in total. The van der Waals surface area contributed by atoms with E-state index in [-0.39, 0.29) is 17.1 Å². The number of hydrogen-bond acceptors (Lipinski definition) is 6. The molecule has 0 radical (unpaired) electrons. The molecule has 0 aromatic carbocycles. The fourth-order valence-corrected chi connectivity index (χ4v) is 4.34. The first kappa shape index (κ1) is 18.6. The van der Waals surface area contributed by atoms with Gasteiger partial charge in [-0.2, -0.15) is 0 Å². The Morgan fingerprint density at radius 3 is 2.85 bits per heavy atom. The second-order valence-electron chi connectivity index (χ2n) is 5.94. The monoisotopic (exact) mass is 388 g/mol. The fraction of sp³-hybridized carbons (Fsp3) is 0.333. The molecule has 0 aliphatic carbocycles. The van der Waals surface area contributed by atoms with Crippen LogP contribution in [0.1, 0.15) is 40.8 Å². The number of thioether (sulfide) groups is 1. The standard InChI is InChI=1S/C18H20N4O2S2/c1-4-5-13-9-16(24)21-17(20-13)26-10-15(23)14-8-11(2)22(12(14)3)18-19-6-7-25-18/h6-9H,4-5,10H2,1-3H3,(H,20,21,24). The summed E-state index contributed by atoms with van der Waals surface area (Å²) in [4.78, 5) is 35.9. The van der Waals surface area contributed by atoms with Gasteiger partial charge in [0.05, 0.1) is 5.75 Å². The van der Waals surface area contributed by atoms with Crippen molar-refractivity contribution in [3.63, 3.8) is 0 Å². The van der Waals surface area contributed by atoms with Gasteiger partial charge in [-0.3, -0.25) is 14.2 Å². The number of aromatic amines is 1. The van der Waals surface area contributed by atoms with Gasteiger partial charge in [-0.25, -0.2) is 9.97 Å². The van der Waals surface area contributed by atoms with Gasteiger partial charge in [0.1, 0.15) is 0 Å². The van der Waals surface area contributed by atoms with Crippen molar-refractivity contribution in [1.82, 2.24) is 19.5 Å². The third-order valence-electron chi connectivity index (χ3n) is 3.96. The van der Waals surface area contributed by atoms with E-state index >= 15 is 0 Å². The molecule has 3 rings (SSSR count). The number of nitrogens with one attached hydrogen (secondary N) is 1. The Morgan fingerprint density at radius 2 is 2.15 bits per heavy atom. The predicted molar refractivity (Wildman–Crippen MR) is 105 cm³/mol. The van der Waals surface area contributed by atoms with Crippen LogP contribution in [0.3, 0.4) is 0 Å². The maximum absolute atomic E-state index is 12.7. The summed E-state index contributed by atoms with van der Waals surface area (Å²) in [6.45, 7) is 5.93. The quantitative estimate of drug-likeness (QED) is 0.380. The number of aryl methyl sites for hydroxylation is 2. The zero-order chi connectivity index (χ0) is 18.7. The maximum Gasteiger partial charge on any atom is 0.251 e. The van der Waals surface area contributed by atoms with E-state index in [0.29, 0.717) is 10.7 Å². The van der Waals surface area contributed by atoms with E-state index < -0.39 is 0 Å². The molecule has 0 spiro atoms. The molecule has 0 bridgehead atoms. The van der Waals surface area contributed by atoms with Crippen LogP contribution >= 0.6 is 23.1 Å². The Kier molecular flexibility index (Phi) is 5.73. The van der Waals surface area contributed by atoms with Gasteiger partial charge >= 0.3 is 0 Å². The SMILES string of the molecule is CCCc1cc(=O)[nH]c(SCC(=O)c2cc(C)n(-c3nccs3)c2C)n1. The van der Waals surface area contributed by atoms with Crippen molar-refractivity contribution in [2.24, 2.45) is 0 Å². The summed E-state index contributed by atoms with van der Waals surface area (Å²) in [5, 5.41) is 3.25. The van der Waals surface area contributed by atoms with E-state index in [9.17, 15) is 9.59 Å². The summed E-state index contributed by atoms with van der Waals surface area (Å²) in [5.74, 6) is 0.232. The molecule has 6 nitrogen and oxygen atoms in total. The highest BCUT2D eigenvalue weighted by molar-refractivity contribution is 7.99. The highest BCUT2D eigenvalue weighted by Gasteiger charge is 2.18. The molecule has 0 aliphatic heterocycles. The van der Waals surface area contributed by atoms with Gasteiger partial charge in [0.15, 0.2) is 16.1 Å². The smallest absolute Gasteiger partial charge is 0.251 e. The van der Waals surface area contributed by atoms with Crippen molar-refractivity contribution < 1.29 is 4.79 Å². The predicted octanol–water partition coefficient (Wildman–Crippen LogP) is 3.56. The van der Waals surface area contributed by atoms with Crippen LogP contribution < -0.4 is 5.56 Å². The zero-order valence-corrected chi connectivity index (χ0v) is 16.5. The molecular weight excluding hydrogens is 368 g/mol. The van der Waals surface area contributed by atoms with E-state index in [0.717, 1.165) is 35.1 Å². The number of Topliss-reactive ketones (excluding diaryl/α,β-unsaturated/α-hetero) is 1. The Labute approximate surface area is 159 Å². The summed E-state index contributed by atoms with van der Waals surface area (Å²) in [6, 6.07) is 3.40. The number of aromatic nitrogens is 4. The lowest BCUT2D eigenvalue weighted by molar-refractivity contribution is 0.102. The van der Waals surface area contributed by atoms with E-state index in [1.54, 1.807) is 6.20 Å². The van der Waals surface area contributed by atoms with Crippen LogP contribution in [0.25, 0.3) is 5.13 Å².